The Bertz CT molecular complexity index is 1240. The zero-order chi connectivity index (χ0) is 26.0. The summed E-state index contributed by atoms with van der Waals surface area (Å²) < 4.78 is 0.485. The second-order valence-electron chi connectivity index (χ2n) is 8.92. The maximum absolute atomic E-state index is 13.1. The van der Waals surface area contributed by atoms with Gasteiger partial charge in [0.05, 0.1) is 14.1 Å². The van der Waals surface area contributed by atoms with E-state index < -0.39 is 29.2 Å². The number of hydrogen-bond donors (Lipinski definition) is 3. The Morgan fingerprint density at radius 1 is 1.39 bits per heavy atom. The number of nitrogens with one attached hydrogen (secondary N) is 1. The first-order chi connectivity index (χ1) is 17.1. The van der Waals surface area contributed by atoms with Gasteiger partial charge in [-0.2, -0.15) is 0 Å². The average Bonchev–Trinajstić information content (AvgIpc) is 3.26. The number of aromatic nitrogens is 2. The molecule has 0 aromatic carbocycles. The van der Waals surface area contributed by atoms with Crippen molar-refractivity contribution in [2.24, 2.45) is 5.16 Å². The van der Waals surface area contributed by atoms with Crippen LogP contribution in [0.2, 0.25) is 0 Å². The van der Waals surface area contributed by atoms with Gasteiger partial charge in [-0.1, -0.05) is 11.2 Å². The number of anilines is 1. The van der Waals surface area contributed by atoms with E-state index in [1.165, 1.54) is 23.8 Å². The highest BCUT2D eigenvalue weighted by molar-refractivity contribution is 8.00. The van der Waals surface area contributed by atoms with E-state index in [0.29, 0.717) is 28.9 Å². The molecule has 4 heterocycles. The van der Waals surface area contributed by atoms with Gasteiger partial charge < -0.3 is 25.5 Å². The fraction of sp³-hybridized carbons (Fsp3) is 0.364. The van der Waals surface area contributed by atoms with Crippen LogP contribution >= 0.6 is 23.1 Å². The summed E-state index contributed by atoms with van der Waals surface area (Å²) in [6.45, 7) is 1.08. The average molecular weight is 533 g/mol. The SMILES string of the molecule is CO/N=C(\C(=O)NC1C(=O)N2C(C(=O)O)=C(C[N+](C)(C)Cc3cccnc3)CSC12)c1csc(N)n1. The lowest BCUT2D eigenvalue weighted by Gasteiger charge is -2.49. The van der Waals surface area contributed by atoms with Gasteiger partial charge in [0.15, 0.2) is 10.8 Å². The molecule has 4 rings (SSSR count). The predicted octanol–water partition coefficient (Wildman–Crippen LogP) is 0.486. The number of quaternary nitrogens is 1. The van der Waals surface area contributed by atoms with Gasteiger partial charge >= 0.3 is 5.97 Å². The number of amides is 2. The molecule has 0 spiro atoms. The molecule has 0 saturated carbocycles. The van der Waals surface area contributed by atoms with Crippen molar-refractivity contribution in [3.05, 3.63) is 52.4 Å². The number of carboxylic acid groups (broad SMARTS) is 1. The van der Waals surface area contributed by atoms with Crippen molar-refractivity contribution in [3.63, 3.8) is 0 Å². The van der Waals surface area contributed by atoms with E-state index in [2.05, 4.69) is 20.4 Å². The smallest absolute Gasteiger partial charge is 0.352 e. The Labute approximate surface area is 215 Å². The second kappa shape index (κ2) is 10.2. The monoisotopic (exact) mass is 532 g/mol. The lowest BCUT2D eigenvalue weighted by Crippen LogP contribution is -2.71. The summed E-state index contributed by atoms with van der Waals surface area (Å²) in [5.41, 5.74) is 7.42. The molecule has 2 aliphatic rings. The summed E-state index contributed by atoms with van der Waals surface area (Å²) in [4.78, 5) is 52.4. The third kappa shape index (κ3) is 5.20. The fourth-order valence-electron chi connectivity index (χ4n) is 4.27. The Balaban J connectivity index is 1.51. The molecule has 1 saturated heterocycles. The maximum atomic E-state index is 13.1. The van der Waals surface area contributed by atoms with E-state index in [1.54, 1.807) is 17.8 Å². The van der Waals surface area contributed by atoms with Gasteiger partial charge in [0.25, 0.3) is 11.8 Å². The molecule has 12 nitrogen and oxygen atoms in total. The summed E-state index contributed by atoms with van der Waals surface area (Å²) >= 11 is 2.55. The first kappa shape index (κ1) is 25.6. The number of hydrogen-bond acceptors (Lipinski definition) is 10. The van der Waals surface area contributed by atoms with Gasteiger partial charge in [0.1, 0.15) is 43.0 Å². The van der Waals surface area contributed by atoms with Gasteiger partial charge in [-0.15, -0.1) is 23.1 Å². The van der Waals surface area contributed by atoms with Gasteiger partial charge in [-0.25, -0.2) is 9.78 Å². The molecule has 2 aromatic rings. The topological polar surface area (TPSA) is 160 Å². The van der Waals surface area contributed by atoms with Crippen LogP contribution in [0.1, 0.15) is 11.3 Å². The number of carboxylic acids is 1. The van der Waals surface area contributed by atoms with Crippen molar-refractivity contribution in [3.8, 4) is 0 Å². The molecule has 36 heavy (non-hydrogen) atoms. The Morgan fingerprint density at radius 3 is 2.78 bits per heavy atom. The quantitative estimate of drug-likeness (QED) is 0.181. The minimum absolute atomic E-state index is 0.0234. The second-order valence-corrected chi connectivity index (χ2v) is 10.9. The number of pyridine rings is 1. The highest BCUT2D eigenvalue weighted by Gasteiger charge is 2.55. The summed E-state index contributed by atoms with van der Waals surface area (Å²) in [5.74, 6) is -1.92. The van der Waals surface area contributed by atoms with Crippen LogP contribution in [-0.2, 0) is 25.8 Å². The molecule has 0 radical (unpaired) electrons. The fourth-order valence-corrected chi connectivity index (χ4v) is 6.15. The van der Waals surface area contributed by atoms with Crippen LogP contribution in [0.15, 0.2) is 46.3 Å². The summed E-state index contributed by atoms with van der Waals surface area (Å²) in [5, 5.41) is 17.6. The van der Waals surface area contributed by atoms with Crippen LogP contribution < -0.4 is 11.1 Å². The maximum Gasteiger partial charge on any atom is 0.352 e. The molecule has 2 atom stereocenters. The number of likely N-dealkylation sites (N-methyl/N-ethyl adjacent to an activating group) is 1. The van der Waals surface area contributed by atoms with Crippen molar-refractivity contribution in [2.45, 2.75) is 18.0 Å². The van der Waals surface area contributed by atoms with Gasteiger partial charge in [0, 0.05) is 34.7 Å². The molecule has 2 aromatic heterocycles. The number of oxime groups is 1. The summed E-state index contributed by atoms with van der Waals surface area (Å²) in [7, 11) is 5.29. The molecule has 1 fully saturated rings. The van der Waals surface area contributed by atoms with E-state index in [0.717, 1.165) is 16.9 Å². The summed E-state index contributed by atoms with van der Waals surface area (Å²) in [6.07, 6.45) is 3.49. The van der Waals surface area contributed by atoms with Gasteiger partial charge in [-0.05, 0) is 6.07 Å². The van der Waals surface area contributed by atoms with Crippen molar-refractivity contribution in [1.29, 1.82) is 0 Å². The Morgan fingerprint density at radius 2 is 2.17 bits per heavy atom. The predicted molar refractivity (Wildman–Crippen MR) is 135 cm³/mol. The van der Waals surface area contributed by atoms with Gasteiger partial charge in [0.2, 0.25) is 0 Å². The van der Waals surface area contributed by atoms with Crippen molar-refractivity contribution >= 4 is 51.7 Å². The van der Waals surface area contributed by atoms with Crippen LogP contribution in [0.5, 0.6) is 0 Å². The first-order valence-corrected chi connectivity index (χ1v) is 12.8. The van der Waals surface area contributed by atoms with Gasteiger partial charge in [-0.3, -0.25) is 19.5 Å². The van der Waals surface area contributed by atoms with Crippen LogP contribution in [-0.4, -0.2) is 92.9 Å². The number of aliphatic carboxylic acids is 1. The largest absolute Gasteiger partial charge is 0.477 e. The zero-order valence-electron chi connectivity index (χ0n) is 19.9. The third-order valence-electron chi connectivity index (χ3n) is 5.65. The molecule has 2 aliphatic heterocycles. The van der Waals surface area contributed by atoms with Crippen LogP contribution in [0, 0.1) is 0 Å². The molecule has 14 heteroatoms. The minimum Gasteiger partial charge on any atom is -0.477 e. The molecule has 190 valence electrons. The molecular formula is C22H26N7O5S2+. The number of rotatable bonds is 9. The molecule has 0 bridgehead atoms. The van der Waals surface area contributed by atoms with E-state index in [4.69, 9.17) is 10.6 Å². The third-order valence-corrected chi connectivity index (χ3v) is 7.66. The molecule has 2 unspecified atom stereocenters. The number of carbonyl (C=O) groups excluding carboxylic acids is 2. The normalized spacial score (nSPS) is 20.0. The molecule has 2 amide bonds. The van der Waals surface area contributed by atoms with Crippen LogP contribution in [0.4, 0.5) is 5.13 Å². The number of thioether (sulfide) groups is 1. The molecular weight excluding hydrogens is 506 g/mol. The van der Waals surface area contributed by atoms with Crippen molar-refractivity contribution in [1.82, 2.24) is 20.2 Å². The number of thiazole rings is 1. The van der Waals surface area contributed by atoms with Crippen molar-refractivity contribution in [2.75, 3.05) is 39.2 Å². The van der Waals surface area contributed by atoms with E-state index in [1.807, 2.05) is 26.2 Å². The lowest BCUT2D eigenvalue weighted by molar-refractivity contribution is -0.899. The lowest BCUT2D eigenvalue weighted by atomic mass is 10.0. The van der Waals surface area contributed by atoms with Crippen LogP contribution in [0.3, 0.4) is 0 Å². The van der Waals surface area contributed by atoms with Crippen LogP contribution in [0.25, 0.3) is 0 Å². The molecule has 4 N–H and O–H groups in total. The number of fused-ring (bicyclic) bond motifs is 1. The number of nitrogens with two attached hydrogens (primary N) is 1. The van der Waals surface area contributed by atoms with E-state index >= 15 is 0 Å². The Kier molecular flexibility index (Phi) is 7.28. The molecule has 0 aliphatic carbocycles. The number of carbonyl (C=O) groups is 3. The van der Waals surface area contributed by atoms with E-state index in [9.17, 15) is 19.5 Å². The number of β-lactam (4-membered cyclic amide) rings is 1. The highest BCUT2D eigenvalue weighted by atomic mass is 32.2. The standard InChI is InChI=1S/C22H25N7O5S2/c1-29(2,8-12-5-4-6-24-7-12)9-13-10-35-20-16(19(31)28(20)17(13)21(32)33)26-18(30)15(27-34-3)14-11-36-22(23)25-14/h4-7,11,16,20H,8-10H2,1-3H3,(H3-,23,25,26,30,32,33)/p+1/b27-15-. The first-order valence-electron chi connectivity index (χ1n) is 10.9. The number of nitrogen functional groups attached to an aromatic ring is 1. The Hall–Kier alpha value is -3.49. The van der Waals surface area contributed by atoms with Crippen molar-refractivity contribution < 1.29 is 28.8 Å². The minimum atomic E-state index is -1.17. The zero-order valence-corrected chi connectivity index (χ0v) is 21.5. The van der Waals surface area contributed by atoms with E-state index in [-0.39, 0.29) is 22.2 Å². The number of nitrogens with zero attached hydrogens (tertiary/aromatic N) is 5. The highest BCUT2D eigenvalue weighted by Crippen LogP contribution is 2.41. The summed E-state index contributed by atoms with van der Waals surface area (Å²) in [6, 6.07) is 2.92.